The molecule has 0 spiro atoms. The average molecular weight is 363 g/mol. The third-order valence-electron chi connectivity index (χ3n) is 4.89. The van der Waals surface area contributed by atoms with Gasteiger partial charge in [-0.1, -0.05) is 60.1 Å². The van der Waals surface area contributed by atoms with Gasteiger partial charge in [-0.05, 0) is 41.5 Å². The van der Waals surface area contributed by atoms with E-state index in [-0.39, 0.29) is 17.9 Å². The SMILES string of the molecule is CN1C(=O)[C@@H]([C@H](Nc2ccc(Cl)cc2)c2ccccc2)c2ccccc21. The topological polar surface area (TPSA) is 32.3 Å². The van der Waals surface area contributed by atoms with Gasteiger partial charge in [0.1, 0.15) is 0 Å². The molecule has 0 radical (unpaired) electrons. The van der Waals surface area contributed by atoms with Crippen molar-refractivity contribution in [3.63, 3.8) is 0 Å². The Morgan fingerprint density at radius 2 is 1.58 bits per heavy atom. The molecule has 1 N–H and O–H groups in total. The van der Waals surface area contributed by atoms with E-state index in [0.29, 0.717) is 5.02 Å². The van der Waals surface area contributed by atoms with E-state index < -0.39 is 0 Å². The summed E-state index contributed by atoms with van der Waals surface area (Å²) in [5, 5.41) is 4.24. The summed E-state index contributed by atoms with van der Waals surface area (Å²) in [7, 11) is 1.84. The van der Waals surface area contributed by atoms with Crippen molar-refractivity contribution in [1.29, 1.82) is 0 Å². The van der Waals surface area contributed by atoms with Crippen molar-refractivity contribution in [2.24, 2.45) is 0 Å². The third kappa shape index (κ3) is 2.95. The zero-order chi connectivity index (χ0) is 18.1. The van der Waals surface area contributed by atoms with Gasteiger partial charge in [-0.3, -0.25) is 4.79 Å². The number of halogens is 1. The van der Waals surface area contributed by atoms with E-state index in [1.54, 1.807) is 4.90 Å². The molecule has 0 saturated carbocycles. The van der Waals surface area contributed by atoms with Crippen LogP contribution >= 0.6 is 11.6 Å². The van der Waals surface area contributed by atoms with Crippen LogP contribution in [0.3, 0.4) is 0 Å². The molecule has 3 aromatic carbocycles. The monoisotopic (exact) mass is 362 g/mol. The third-order valence-corrected chi connectivity index (χ3v) is 5.14. The van der Waals surface area contributed by atoms with Gasteiger partial charge in [-0.25, -0.2) is 0 Å². The number of rotatable bonds is 4. The summed E-state index contributed by atoms with van der Waals surface area (Å²) >= 11 is 6.01. The van der Waals surface area contributed by atoms with Gasteiger partial charge >= 0.3 is 0 Å². The van der Waals surface area contributed by atoms with Gasteiger partial charge in [0.05, 0.1) is 12.0 Å². The van der Waals surface area contributed by atoms with Crippen LogP contribution in [0.1, 0.15) is 23.1 Å². The van der Waals surface area contributed by atoms with Gasteiger partial charge in [0.15, 0.2) is 0 Å². The number of nitrogens with one attached hydrogen (secondary N) is 1. The molecule has 26 heavy (non-hydrogen) atoms. The number of likely N-dealkylation sites (N-methyl/N-ethyl adjacent to an activating group) is 1. The first-order valence-corrected chi connectivity index (χ1v) is 8.96. The van der Waals surface area contributed by atoms with Crippen molar-refractivity contribution in [2.75, 3.05) is 17.3 Å². The number of hydrogen-bond acceptors (Lipinski definition) is 2. The van der Waals surface area contributed by atoms with Crippen LogP contribution in [0.4, 0.5) is 11.4 Å². The molecule has 1 heterocycles. The van der Waals surface area contributed by atoms with E-state index in [0.717, 1.165) is 22.5 Å². The van der Waals surface area contributed by atoms with E-state index in [2.05, 4.69) is 17.4 Å². The van der Waals surface area contributed by atoms with E-state index in [4.69, 9.17) is 11.6 Å². The summed E-state index contributed by atoms with van der Waals surface area (Å²) in [6.07, 6.45) is 0. The molecular formula is C22H19ClN2O. The van der Waals surface area contributed by atoms with Gasteiger partial charge in [0.2, 0.25) is 5.91 Å². The van der Waals surface area contributed by atoms with Crippen molar-refractivity contribution in [3.8, 4) is 0 Å². The summed E-state index contributed by atoms with van der Waals surface area (Å²) in [4.78, 5) is 14.8. The van der Waals surface area contributed by atoms with Gasteiger partial charge in [0.25, 0.3) is 0 Å². The molecule has 1 aliphatic heterocycles. The first-order chi connectivity index (χ1) is 12.6. The number of amides is 1. The molecule has 130 valence electrons. The van der Waals surface area contributed by atoms with Gasteiger partial charge in [-0.15, -0.1) is 0 Å². The van der Waals surface area contributed by atoms with Gasteiger partial charge in [-0.2, -0.15) is 0 Å². The second kappa shape index (κ2) is 6.85. The van der Waals surface area contributed by atoms with Crippen LogP contribution in [0.2, 0.25) is 5.02 Å². The van der Waals surface area contributed by atoms with Gasteiger partial charge < -0.3 is 10.2 Å². The number of carbonyl (C=O) groups excluding carboxylic acids is 1. The summed E-state index contributed by atoms with van der Waals surface area (Å²) in [6.45, 7) is 0. The first kappa shape index (κ1) is 16.7. The molecule has 3 nitrogen and oxygen atoms in total. The first-order valence-electron chi connectivity index (χ1n) is 8.58. The van der Waals surface area contributed by atoms with Crippen LogP contribution in [-0.4, -0.2) is 13.0 Å². The Kier molecular flexibility index (Phi) is 4.39. The van der Waals surface area contributed by atoms with Gasteiger partial charge in [0, 0.05) is 23.4 Å². The fourth-order valence-corrected chi connectivity index (χ4v) is 3.71. The van der Waals surface area contributed by atoms with Crippen molar-refractivity contribution < 1.29 is 4.79 Å². The minimum absolute atomic E-state index is 0.0986. The maximum Gasteiger partial charge on any atom is 0.236 e. The number of fused-ring (bicyclic) bond motifs is 1. The number of anilines is 2. The molecule has 1 amide bonds. The van der Waals surface area contributed by atoms with E-state index in [1.165, 1.54) is 0 Å². The Bertz CT molecular complexity index is 924. The molecule has 0 fully saturated rings. The van der Waals surface area contributed by atoms with Crippen molar-refractivity contribution in [2.45, 2.75) is 12.0 Å². The van der Waals surface area contributed by atoms with Crippen molar-refractivity contribution in [1.82, 2.24) is 0 Å². The lowest BCUT2D eigenvalue weighted by atomic mass is 9.87. The molecule has 0 unspecified atom stereocenters. The van der Waals surface area contributed by atoms with Crippen LogP contribution in [0.25, 0.3) is 0 Å². The number of benzene rings is 3. The summed E-state index contributed by atoms with van der Waals surface area (Å²) < 4.78 is 0. The number of para-hydroxylation sites is 1. The Morgan fingerprint density at radius 1 is 0.923 bits per heavy atom. The van der Waals surface area contributed by atoms with Crippen LogP contribution in [0, 0.1) is 0 Å². The average Bonchev–Trinajstić information content (AvgIpc) is 2.93. The second-order valence-electron chi connectivity index (χ2n) is 6.47. The molecule has 2 atom stereocenters. The highest BCUT2D eigenvalue weighted by molar-refractivity contribution is 6.30. The summed E-state index contributed by atoms with van der Waals surface area (Å²) in [6, 6.07) is 25.5. The normalized spacial score (nSPS) is 17.1. The van der Waals surface area contributed by atoms with Crippen LogP contribution in [0.15, 0.2) is 78.9 Å². The molecular weight excluding hydrogens is 344 g/mol. The van der Waals surface area contributed by atoms with Crippen LogP contribution in [0.5, 0.6) is 0 Å². The number of nitrogens with zero attached hydrogens (tertiary/aromatic N) is 1. The van der Waals surface area contributed by atoms with Crippen LogP contribution < -0.4 is 10.2 Å². The molecule has 0 bridgehead atoms. The Labute approximate surface area is 158 Å². The largest absolute Gasteiger partial charge is 0.377 e. The van der Waals surface area contributed by atoms with Crippen LogP contribution in [-0.2, 0) is 4.79 Å². The number of carbonyl (C=O) groups is 1. The lowest BCUT2D eigenvalue weighted by Crippen LogP contribution is -2.30. The predicted octanol–water partition coefficient (Wildman–Crippen LogP) is 5.25. The Balaban J connectivity index is 1.78. The standard InChI is InChI=1S/C22H19ClN2O/c1-25-19-10-6-5-9-18(19)20(22(25)26)21(15-7-3-2-4-8-15)24-17-13-11-16(23)12-14-17/h2-14,20-21,24H,1H3/t20-,21-/m1/s1. The molecule has 3 aromatic rings. The lowest BCUT2D eigenvalue weighted by Gasteiger charge is -2.26. The fourth-order valence-electron chi connectivity index (χ4n) is 3.58. The minimum Gasteiger partial charge on any atom is -0.377 e. The molecule has 4 rings (SSSR count). The molecule has 4 heteroatoms. The maximum atomic E-state index is 13.1. The molecule has 1 aliphatic rings. The van der Waals surface area contributed by atoms with E-state index >= 15 is 0 Å². The summed E-state index contributed by atoms with van der Waals surface area (Å²) in [5.74, 6) is -0.184. The Morgan fingerprint density at radius 3 is 2.31 bits per heavy atom. The lowest BCUT2D eigenvalue weighted by molar-refractivity contribution is -0.119. The Hall–Kier alpha value is -2.78. The van der Waals surface area contributed by atoms with E-state index in [1.807, 2.05) is 73.8 Å². The molecule has 0 aromatic heterocycles. The predicted molar refractivity (Wildman–Crippen MR) is 107 cm³/mol. The smallest absolute Gasteiger partial charge is 0.236 e. The maximum absolute atomic E-state index is 13.1. The summed E-state index contributed by atoms with van der Waals surface area (Å²) in [5.41, 5.74) is 4.03. The zero-order valence-electron chi connectivity index (χ0n) is 14.4. The molecule has 0 aliphatic carbocycles. The minimum atomic E-state index is -0.283. The quantitative estimate of drug-likeness (QED) is 0.687. The highest BCUT2D eigenvalue weighted by Gasteiger charge is 2.40. The second-order valence-corrected chi connectivity index (χ2v) is 6.91. The fraction of sp³-hybridized carbons (Fsp3) is 0.136. The highest BCUT2D eigenvalue weighted by atomic mass is 35.5. The van der Waals surface area contributed by atoms with Crippen molar-refractivity contribution >= 4 is 28.9 Å². The van der Waals surface area contributed by atoms with Crippen molar-refractivity contribution in [3.05, 3.63) is 95.0 Å². The number of hydrogen-bond donors (Lipinski definition) is 1. The highest BCUT2D eigenvalue weighted by Crippen LogP contribution is 2.44. The molecule has 0 saturated heterocycles. The van der Waals surface area contributed by atoms with E-state index in [9.17, 15) is 4.79 Å². The zero-order valence-corrected chi connectivity index (χ0v) is 15.1.